The average Bonchev–Trinajstić information content (AvgIpc) is 3.57. The Kier molecular flexibility index (Phi) is 6.04. The van der Waals surface area contributed by atoms with Gasteiger partial charge in [-0.2, -0.15) is 10.1 Å². The van der Waals surface area contributed by atoms with E-state index >= 15 is 0 Å². The number of carbonyl (C=O) groups excluding carboxylic acids is 2. The molecule has 0 aliphatic heterocycles. The predicted octanol–water partition coefficient (Wildman–Crippen LogP) is 3.48. The van der Waals surface area contributed by atoms with Gasteiger partial charge < -0.3 is 15.2 Å². The molecule has 11 nitrogen and oxygen atoms in total. The number of anilines is 1. The Morgan fingerprint density at radius 3 is 2.57 bits per heavy atom. The molecule has 0 saturated carbocycles. The fraction of sp³-hybridized carbons (Fsp3) is 0.231. The number of carbonyl (C=O) groups is 2. The SMILES string of the molecule is CNC(=O)Cn1nc(C)c(-c2ccc3ncc(C(=O)Nc4cc(-c5noc(C)n5)ccc4C)n3c2)c1C. The second kappa shape index (κ2) is 9.34. The number of fused-ring (bicyclic) bond motifs is 1. The molecule has 0 saturated heterocycles. The Labute approximate surface area is 212 Å². The second-order valence-corrected chi connectivity index (χ2v) is 8.79. The van der Waals surface area contributed by atoms with Gasteiger partial charge in [0, 0.05) is 48.2 Å². The number of aryl methyl sites for hydroxylation is 3. The fourth-order valence-electron chi connectivity index (χ4n) is 4.28. The standard InChI is InChI=1S/C26H26N8O3/c1-14-6-7-18(25-29-17(4)37-32-25)10-20(14)30-26(36)21-11-28-22-9-8-19(12-33(21)22)24-15(2)31-34(16(24)3)13-23(35)27-5/h6-12H,13H2,1-5H3,(H,27,35)(H,30,36). The molecule has 0 spiro atoms. The van der Waals surface area contributed by atoms with E-state index in [1.165, 1.54) is 0 Å². The number of pyridine rings is 1. The van der Waals surface area contributed by atoms with Crippen LogP contribution in [0.25, 0.3) is 28.2 Å². The maximum absolute atomic E-state index is 13.4. The van der Waals surface area contributed by atoms with Crippen LogP contribution in [0.3, 0.4) is 0 Å². The molecule has 188 valence electrons. The first kappa shape index (κ1) is 23.9. The van der Waals surface area contributed by atoms with Gasteiger partial charge in [-0.3, -0.25) is 18.7 Å². The van der Waals surface area contributed by atoms with E-state index in [0.29, 0.717) is 28.7 Å². The van der Waals surface area contributed by atoms with Gasteiger partial charge in [-0.25, -0.2) is 4.98 Å². The van der Waals surface area contributed by atoms with Crippen LogP contribution in [0.15, 0.2) is 47.2 Å². The lowest BCUT2D eigenvalue weighted by molar-refractivity contribution is -0.121. The number of aromatic nitrogens is 6. The van der Waals surface area contributed by atoms with Crippen molar-refractivity contribution in [1.29, 1.82) is 0 Å². The van der Waals surface area contributed by atoms with Crippen molar-refractivity contribution in [3.05, 3.63) is 71.3 Å². The summed E-state index contributed by atoms with van der Waals surface area (Å²) in [4.78, 5) is 33.9. The Bertz CT molecular complexity index is 1660. The highest BCUT2D eigenvalue weighted by atomic mass is 16.5. The van der Waals surface area contributed by atoms with Crippen LogP contribution >= 0.6 is 0 Å². The van der Waals surface area contributed by atoms with E-state index in [4.69, 9.17) is 4.52 Å². The predicted molar refractivity (Wildman–Crippen MR) is 137 cm³/mol. The lowest BCUT2D eigenvalue weighted by atomic mass is 10.1. The zero-order valence-corrected chi connectivity index (χ0v) is 21.2. The molecule has 5 aromatic rings. The van der Waals surface area contributed by atoms with Gasteiger partial charge in [0.05, 0.1) is 11.9 Å². The molecule has 0 atom stereocenters. The quantitative estimate of drug-likeness (QED) is 0.366. The monoisotopic (exact) mass is 498 g/mol. The molecule has 2 amide bonds. The molecule has 4 aromatic heterocycles. The summed E-state index contributed by atoms with van der Waals surface area (Å²) in [7, 11) is 1.60. The minimum Gasteiger partial charge on any atom is -0.358 e. The molecule has 0 aliphatic rings. The summed E-state index contributed by atoms with van der Waals surface area (Å²) in [5, 5.41) is 14.1. The molecule has 2 N–H and O–H groups in total. The van der Waals surface area contributed by atoms with Crippen molar-refractivity contribution in [1.82, 2.24) is 34.6 Å². The van der Waals surface area contributed by atoms with E-state index in [1.807, 2.05) is 57.3 Å². The summed E-state index contributed by atoms with van der Waals surface area (Å²) >= 11 is 0. The van der Waals surface area contributed by atoms with E-state index in [9.17, 15) is 9.59 Å². The second-order valence-electron chi connectivity index (χ2n) is 8.79. The first-order valence-corrected chi connectivity index (χ1v) is 11.7. The molecule has 0 bridgehead atoms. The van der Waals surface area contributed by atoms with E-state index in [1.54, 1.807) is 29.3 Å². The van der Waals surface area contributed by atoms with Crippen molar-refractivity contribution < 1.29 is 14.1 Å². The van der Waals surface area contributed by atoms with Crippen molar-refractivity contribution in [2.75, 3.05) is 12.4 Å². The molecule has 0 radical (unpaired) electrons. The number of nitrogens with zero attached hydrogens (tertiary/aromatic N) is 6. The van der Waals surface area contributed by atoms with Crippen LogP contribution in [0.1, 0.15) is 33.3 Å². The van der Waals surface area contributed by atoms with Crippen molar-refractivity contribution in [3.63, 3.8) is 0 Å². The highest BCUT2D eigenvalue weighted by Crippen LogP contribution is 2.28. The van der Waals surface area contributed by atoms with Crippen molar-refractivity contribution in [2.24, 2.45) is 0 Å². The first-order chi connectivity index (χ1) is 17.7. The van der Waals surface area contributed by atoms with Gasteiger partial charge >= 0.3 is 0 Å². The van der Waals surface area contributed by atoms with E-state index < -0.39 is 0 Å². The molecule has 11 heteroatoms. The normalized spacial score (nSPS) is 11.2. The van der Waals surface area contributed by atoms with Gasteiger partial charge in [-0.05, 0) is 44.5 Å². The number of nitrogens with one attached hydrogen (secondary N) is 2. The Morgan fingerprint density at radius 1 is 1.05 bits per heavy atom. The minimum atomic E-state index is -0.307. The Balaban J connectivity index is 1.48. The van der Waals surface area contributed by atoms with Crippen LogP contribution in [-0.2, 0) is 11.3 Å². The maximum Gasteiger partial charge on any atom is 0.274 e. The highest BCUT2D eigenvalue weighted by molar-refractivity contribution is 6.04. The number of imidazole rings is 1. The molecular weight excluding hydrogens is 472 g/mol. The zero-order chi connectivity index (χ0) is 26.3. The van der Waals surface area contributed by atoms with Gasteiger partial charge in [0.15, 0.2) is 0 Å². The van der Waals surface area contributed by atoms with Gasteiger partial charge in [-0.1, -0.05) is 17.3 Å². The number of rotatable bonds is 6. The summed E-state index contributed by atoms with van der Waals surface area (Å²) < 4.78 is 8.51. The largest absolute Gasteiger partial charge is 0.358 e. The first-order valence-electron chi connectivity index (χ1n) is 11.7. The third-order valence-electron chi connectivity index (χ3n) is 6.25. The van der Waals surface area contributed by atoms with E-state index in [0.717, 1.165) is 33.6 Å². The molecule has 0 aliphatic carbocycles. The van der Waals surface area contributed by atoms with Gasteiger partial charge in [-0.15, -0.1) is 0 Å². The van der Waals surface area contributed by atoms with Crippen molar-refractivity contribution >= 4 is 23.1 Å². The number of likely N-dealkylation sites (N-methyl/N-ethyl adjacent to an activating group) is 1. The van der Waals surface area contributed by atoms with Crippen molar-refractivity contribution in [3.8, 4) is 22.5 Å². The molecule has 0 unspecified atom stereocenters. The number of hydrogen-bond donors (Lipinski definition) is 2. The number of hydrogen-bond acceptors (Lipinski definition) is 7. The smallest absolute Gasteiger partial charge is 0.274 e. The molecule has 37 heavy (non-hydrogen) atoms. The third kappa shape index (κ3) is 4.46. The Hall–Kier alpha value is -4.80. The van der Waals surface area contributed by atoms with Crippen molar-refractivity contribution in [2.45, 2.75) is 34.2 Å². The summed E-state index contributed by atoms with van der Waals surface area (Å²) in [6, 6.07) is 9.38. The van der Waals surface area contributed by atoms with Gasteiger partial charge in [0.1, 0.15) is 17.9 Å². The summed E-state index contributed by atoms with van der Waals surface area (Å²) in [5.41, 5.74) is 6.69. The van der Waals surface area contributed by atoms with Crippen LogP contribution in [0.2, 0.25) is 0 Å². The topological polar surface area (TPSA) is 132 Å². The van der Waals surface area contributed by atoms with Crippen LogP contribution in [0, 0.1) is 27.7 Å². The van der Waals surface area contributed by atoms with Crippen LogP contribution in [0.4, 0.5) is 5.69 Å². The molecule has 5 rings (SSSR count). The Morgan fingerprint density at radius 2 is 1.84 bits per heavy atom. The third-order valence-corrected chi connectivity index (χ3v) is 6.25. The summed E-state index contributed by atoms with van der Waals surface area (Å²) in [6.45, 7) is 7.59. The molecular formula is C26H26N8O3. The summed E-state index contributed by atoms with van der Waals surface area (Å²) in [5.74, 6) is 0.482. The van der Waals surface area contributed by atoms with Crippen LogP contribution < -0.4 is 10.6 Å². The lowest BCUT2D eigenvalue weighted by Crippen LogP contribution is -2.24. The maximum atomic E-state index is 13.4. The van der Waals surface area contributed by atoms with Gasteiger partial charge in [0.2, 0.25) is 17.6 Å². The highest BCUT2D eigenvalue weighted by Gasteiger charge is 2.19. The van der Waals surface area contributed by atoms with E-state index in [-0.39, 0.29) is 18.4 Å². The number of amides is 2. The molecule has 1 aromatic carbocycles. The van der Waals surface area contributed by atoms with E-state index in [2.05, 4.69) is 30.9 Å². The lowest BCUT2D eigenvalue weighted by Gasteiger charge is -2.10. The van der Waals surface area contributed by atoms with Crippen LogP contribution in [-0.4, -0.2) is 48.2 Å². The molecule has 0 fully saturated rings. The summed E-state index contributed by atoms with van der Waals surface area (Å²) in [6.07, 6.45) is 3.41. The minimum absolute atomic E-state index is 0.130. The zero-order valence-electron chi connectivity index (χ0n) is 21.2. The fourth-order valence-corrected chi connectivity index (χ4v) is 4.28. The van der Waals surface area contributed by atoms with Crippen LogP contribution in [0.5, 0.6) is 0 Å². The average molecular weight is 499 g/mol. The van der Waals surface area contributed by atoms with Gasteiger partial charge in [0.25, 0.3) is 5.91 Å². The molecule has 4 heterocycles. The number of benzene rings is 1.